The van der Waals surface area contributed by atoms with Gasteiger partial charge in [0.25, 0.3) is 0 Å². The van der Waals surface area contributed by atoms with E-state index in [4.69, 9.17) is 5.73 Å². The highest BCUT2D eigenvalue weighted by atomic mass is 32.1. The lowest BCUT2D eigenvalue weighted by Gasteiger charge is -2.18. The zero-order valence-electron chi connectivity index (χ0n) is 10.1. The minimum Gasteiger partial charge on any atom is -0.396 e. The maximum absolute atomic E-state index is 6.00. The van der Waals surface area contributed by atoms with E-state index in [1.807, 2.05) is 10.9 Å². The van der Waals surface area contributed by atoms with Crippen LogP contribution in [0.5, 0.6) is 0 Å². The fraction of sp³-hybridized carbons (Fsp3) is 0.417. The number of nitrogen functional groups attached to an aromatic ring is 1. The SMILES string of the molecule is Cc1ccc(-c2nn(C(C)(C)C)cc2N)s1. The van der Waals surface area contributed by atoms with E-state index in [1.165, 1.54) is 4.88 Å². The molecule has 0 aliphatic rings. The topological polar surface area (TPSA) is 43.8 Å². The van der Waals surface area contributed by atoms with E-state index in [0.717, 1.165) is 16.3 Å². The van der Waals surface area contributed by atoms with Gasteiger partial charge in [-0.1, -0.05) is 0 Å². The van der Waals surface area contributed by atoms with Crippen molar-refractivity contribution in [1.29, 1.82) is 0 Å². The summed E-state index contributed by atoms with van der Waals surface area (Å²) in [5.74, 6) is 0. The number of anilines is 1. The Hall–Kier alpha value is -1.29. The third-order valence-corrected chi connectivity index (χ3v) is 3.41. The Balaban J connectivity index is 2.47. The van der Waals surface area contributed by atoms with Gasteiger partial charge in [0.05, 0.1) is 16.1 Å². The Bertz CT molecular complexity index is 503. The van der Waals surface area contributed by atoms with Gasteiger partial charge in [-0.05, 0) is 39.8 Å². The number of nitrogens with two attached hydrogens (primary N) is 1. The predicted octanol–water partition coefficient (Wildman–Crippen LogP) is 3.26. The molecule has 0 amide bonds. The summed E-state index contributed by atoms with van der Waals surface area (Å²) in [5, 5.41) is 4.57. The maximum atomic E-state index is 6.00. The number of thiophene rings is 1. The van der Waals surface area contributed by atoms with Gasteiger partial charge in [-0.3, -0.25) is 4.68 Å². The molecule has 0 aliphatic heterocycles. The highest BCUT2D eigenvalue weighted by molar-refractivity contribution is 7.15. The van der Waals surface area contributed by atoms with Crippen molar-refractivity contribution in [3.05, 3.63) is 23.2 Å². The van der Waals surface area contributed by atoms with Gasteiger partial charge in [0.1, 0.15) is 5.69 Å². The number of hydrogen-bond donors (Lipinski definition) is 1. The molecule has 2 rings (SSSR count). The van der Waals surface area contributed by atoms with Gasteiger partial charge in [-0.25, -0.2) is 0 Å². The van der Waals surface area contributed by atoms with Crippen LogP contribution in [0.25, 0.3) is 10.6 Å². The van der Waals surface area contributed by atoms with Gasteiger partial charge in [-0.2, -0.15) is 5.10 Å². The quantitative estimate of drug-likeness (QED) is 0.824. The number of rotatable bonds is 1. The van der Waals surface area contributed by atoms with E-state index in [-0.39, 0.29) is 5.54 Å². The van der Waals surface area contributed by atoms with Gasteiger partial charge in [-0.15, -0.1) is 11.3 Å². The molecule has 0 spiro atoms. The summed E-state index contributed by atoms with van der Waals surface area (Å²) in [4.78, 5) is 2.41. The first-order chi connectivity index (χ1) is 7.38. The molecular weight excluding hydrogens is 218 g/mol. The van der Waals surface area contributed by atoms with Crippen molar-refractivity contribution in [3.63, 3.8) is 0 Å². The average Bonchev–Trinajstić information content (AvgIpc) is 2.70. The smallest absolute Gasteiger partial charge is 0.125 e. The third-order valence-electron chi connectivity index (χ3n) is 2.40. The van der Waals surface area contributed by atoms with Crippen molar-refractivity contribution in [2.24, 2.45) is 0 Å². The molecule has 2 aromatic rings. The summed E-state index contributed by atoms with van der Waals surface area (Å²) < 4.78 is 1.92. The summed E-state index contributed by atoms with van der Waals surface area (Å²) in [6, 6.07) is 4.17. The third kappa shape index (κ3) is 1.97. The maximum Gasteiger partial charge on any atom is 0.125 e. The fourth-order valence-electron chi connectivity index (χ4n) is 1.48. The molecule has 2 aromatic heterocycles. The van der Waals surface area contributed by atoms with Crippen LogP contribution < -0.4 is 5.73 Å². The molecule has 3 nitrogen and oxygen atoms in total. The second-order valence-corrected chi connectivity index (χ2v) is 6.25. The largest absolute Gasteiger partial charge is 0.396 e. The van der Waals surface area contributed by atoms with Crippen molar-refractivity contribution < 1.29 is 0 Å². The monoisotopic (exact) mass is 235 g/mol. The first-order valence-electron chi connectivity index (χ1n) is 5.30. The van der Waals surface area contributed by atoms with Crippen molar-refractivity contribution >= 4 is 17.0 Å². The van der Waals surface area contributed by atoms with E-state index in [0.29, 0.717) is 0 Å². The molecule has 0 saturated heterocycles. The normalized spacial score (nSPS) is 12.0. The van der Waals surface area contributed by atoms with Gasteiger partial charge in [0.2, 0.25) is 0 Å². The summed E-state index contributed by atoms with van der Waals surface area (Å²) in [5.41, 5.74) is 7.62. The molecule has 0 aromatic carbocycles. The summed E-state index contributed by atoms with van der Waals surface area (Å²) >= 11 is 1.72. The molecule has 0 aliphatic carbocycles. The minimum absolute atomic E-state index is 0.0291. The number of nitrogens with zero attached hydrogens (tertiary/aromatic N) is 2. The van der Waals surface area contributed by atoms with Gasteiger partial charge < -0.3 is 5.73 Å². The van der Waals surface area contributed by atoms with E-state index in [2.05, 4.69) is 44.9 Å². The predicted molar refractivity (Wildman–Crippen MR) is 69.7 cm³/mol. The molecule has 2 heterocycles. The van der Waals surface area contributed by atoms with Crippen LogP contribution in [0.15, 0.2) is 18.3 Å². The van der Waals surface area contributed by atoms with Crippen molar-refractivity contribution in [3.8, 4) is 10.6 Å². The Labute approximate surface area is 99.9 Å². The van der Waals surface area contributed by atoms with Crippen LogP contribution in [-0.2, 0) is 5.54 Å². The minimum atomic E-state index is -0.0291. The van der Waals surface area contributed by atoms with Crippen LogP contribution >= 0.6 is 11.3 Å². The summed E-state index contributed by atoms with van der Waals surface area (Å²) in [7, 11) is 0. The zero-order valence-corrected chi connectivity index (χ0v) is 10.9. The number of aryl methyl sites for hydroxylation is 1. The molecule has 16 heavy (non-hydrogen) atoms. The second kappa shape index (κ2) is 3.63. The van der Waals surface area contributed by atoms with Crippen LogP contribution in [0.4, 0.5) is 5.69 Å². The van der Waals surface area contributed by atoms with Crippen LogP contribution in [0.1, 0.15) is 25.6 Å². The Morgan fingerprint density at radius 1 is 1.31 bits per heavy atom. The molecule has 86 valence electrons. The van der Waals surface area contributed by atoms with Crippen molar-refractivity contribution in [2.75, 3.05) is 5.73 Å². The Morgan fingerprint density at radius 2 is 2.00 bits per heavy atom. The standard InChI is InChI=1S/C12H17N3S/c1-8-5-6-10(16-8)11-9(13)7-15(14-11)12(2,3)4/h5-7H,13H2,1-4H3. The highest BCUT2D eigenvalue weighted by Crippen LogP contribution is 2.31. The van der Waals surface area contributed by atoms with Crippen LogP contribution in [-0.4, -0.2) is 9.78 Å². The summed E-state index contributed by atoms with van der Waals surface area (Å²) in [6.07, 6.45) is 1.91. The molecule has 4 heteroatoms. The molecule has 0 saturated carbocycles. The molecule has 2 N–H and O–H groups in total. The number of aromatic nitrogens is 2. The van der Waals surface area contributed by atoms with Crippen LogP contribution in [0.2, 0.25) is 0 Å². The molecule has 0 radical (unpaired) electrons. The summed E-state index contributed by atoms with van der Waals surface area (Å²) in [6.45, 7) is 8.43. The fourth-order valence-corrected chi connectivity index (χ4v) is 2.36. The van der Waals surface area contributed by atoms with Crippen LogP contribution in [0.3, 0.4) is 0 Å². The molecule has 0 unspecified atom stereocenters. The van der Waals surface area contributed by atoms with E-state index >= 15 is 0 Å². The lowest BCUT2D eigenvalue weighted by Crippen LogP contribution is -2.22. The second-order valence-electron chi connectivity index (χ2n) is 4.96. The van der Waals surface area contributed by atoms with Gasteiger partial charge in [0, 0.05) is 11.1 Å². The molecule has 0 bridgehead atoms. The lowest BCUT2D eigenvalue weighted by atomic mass is 10.1. The van der Waals surface area contributed by atoms with Crippen LogP contribution in [0, 0.1) is 6.92 Å². The first kappa shape index (κ1) is 11.2. The Morgan fingerprint density at radius 3 is 2.44 bits per heavy atom. The Kier molecular flexibility index (Phi) is 2.54. The lowest BCUT2D eigenvalue weighted by molar-refractivity contribution is 0.356. The molecular formula is C12H17N3S. The first-order valence-corrected chi connectivity index (χ1v) is 6.12. The van der Waals surface area contributed by atoms with E-state index in [9.17, 15) is 0 Å². The number of hydrogen-bond acceptors (Lipinski definition) is 3. The van der Waals surface area contributed by atoms with Crippen molar-refractivity contribution in [2.45, 2.75) is 33.2 Å². The highest BCUT2D eigenvalue weighted by Gasteiger charge is 2.18. The average molecular weight is 235 g/mol. The van der Waals surface area contributed by atoms with Crippen molar-refractivity contribution in [1.82, 2.24) is 9.78 Å². The van der Waals surface area contributed by atoms with E-state index in [1.54, 1.807) is 11.3 Å². The van der Waals surface area contributed by atoms with Gasteiger partial charge in [0.15, 0.2) is 0 Å². The molecule has 0 atom stereocenters. The zero-order chi connectivity index (χ0) is 11.9. The van der Waals surface area contributed by atoms with Gasteiger partial charge >= 0.3 is 0 Å². The molecule has 0 fully saturated rings. The van der Waals surface area contributed by atoms with E-state index < -0.39 is 0 Å².